The van der Waals surface area contributed by atoms with E-state index in [2.05, 4.69) is 15.0 Å². The molecule has 0 atom stereocenters. The van der Waals surface area contributed by atoms with Gasteiger partial charge in [0.05, 0.1) is 0 Å². The van der Waals surface area contributed by atoms with Gasteiger partial charge in [-0.1, -0.05) is 6.07 Å². The van der Waals surface area contributed by atoms with Gasteiger partial charge < -0.3 is 10.6 Å². The Morgan fingerprint density at radius 2 is 2.00 bits per heavy atom. The van der Waals surface area contributed by atoms with Crippen molar-refractivity contribution in [3.8, 4) is 0 Å². The predicted octanol–water partition coefficient (Wildman–Crippen LogP) is 0.835. The maximum Gasteiger partial charge on any atom is 0.158 e. The third-order valence-electron chi connectivity index (χ3n) is 2.73. The third kappa shape index (κ3) is 3.25. The molecule has 0 radical (unpaired) electrons. The molecule has 2 heterocycles. The Morgan fingerprint density at radius 1 is 1.21 bits per heavy atom. The lowest BCUT2D eigenvalue weighted by Crippen LogP contribution is -2.26. The Hall–Kier alpha value is -2.50. The average molecular weight is 256 g/mol. The average Bonchev–Trinajstić information content (AvgIpc) is 2.46. The normalized spacial score (nSPS) is 10.2. The number of hydrogen-bond acceptors (Lipinski definition) is 5. The number of hydrogen-bond donors (Lipinski definition) is 2. The van der Waals surface area contributed by atoms with E-state index in [9.17, 15) is 0 Å². The highest BCUT2D eigenvalue weighted by molar-refractivity contribution is 5.97. The molecule has 0 aliphatic rings. The quantitative estimate of drug-likeness (QED) is 0.611. The Bertz CT molecular complexity index is 554. The molecule has 2 aromatic heterocycles. The monoisotopic (exact) mass is 256 g/mol. The lowest BCUT2D eigenvalue weighted by molar-refractivity contribution is 0.833. The van der Waals surface area contributed by atoms with Crippen molar-refractivity contribution in [3.05, 3.63) is 48.2 Å². The Balaban J connectivity index is 2.08. The topological polar surface area (TPSA) is 91.8 Å². The fraction of sp³-hybridized carbons (Fsp3) is 0.231. The molecule has 0 saturated carbocycles. The number of rotatable bonds is 5. The zero-order valence-corrected chi connectivity index (χ0v) is 10.7. The number of pyridine rings is 1. The number of nitrogens with two attached hydrogens (primary N) is 1. The van der Waals surface area contributed by atoms with E-state index in [1.54, 1.807) is 12.4 Å². The van der Waals surface area contributed by atoms with Crippen LogP contribution in [0.3, 0.4) is 0 Å². The van der Waals surface area contributed by atoms with Crippen LogP contribution < -0.4 is 10.6 Å². The number of amidine groups is 1. The first-order valence-corrected chi connectivity index (χ1v) is 5.95. The summed E-state index contributed by atoms with van der Waals surface area (Å²) in [6.07, 6.45) is 5.70. The molecule has 3 N–H and O–H groups in total. The van der Waals surface area contributed by atoms with Crippen molar-refractivity contribution in [2.75, 3.05) is 18.5 Å². The number of aromatic nitrogens is 3. The number of nitrogens with zero attached hydrogens (tertiary/aromatic N) is 4. The van der Waals surface area contributed by atoms with Gasteiger partial charge in [0, 0.05) is 44.3 Å². The summed E-state index contributed by atoms with van der Waals surface area (Å²) in [6.45, 7) is 0.732. The molecule has 19 heavy (non-hydrogen) atoms. The van der Waals surface area contributed by atoms with Crippen LogP contribution in [0.25, 0.3) is 0 Å². The van der Waals surface area contributed by atoms with E-state index in [1.807, 2.05) is 30.1 Å². The van der Waals surface area contributed by atoms with Crippen LogP contribution in [0.2, 0.25) is 0 Å². The van der Waals surface area contributed by atoms with Crippen molar-refractivity contribution < 1.29 is 0 Å². The first kappa shape index (κ1) is 12.9. The van der Waals surface area contributed by atoms with Crippen LogP contribution in [0.15, 0.2) is 36.8 Å². The van der Waals surface area contributed by atoms with Gasteiger partial charge >= 0.3 is 0 Å². The van der Waals surface area contributed by atoms with Crippen molar-refractivity contribution in [1.82, 2.24) is 15.0 Å². The van der Waals surface area contributed by atoms with Crippen molar-refractivity contribution in [2.45, 2.75) is 6.42 Å². The molecule has 6 heteroatoms. The van der Waals surface area contributed by atoms with E-state index < -0.39 is 0 Å². The van der Waals surface area contributed by atoms with Gasteiger partial charge in [-0.2, -0.15) is 0 Å². The second kappa shape index (κ2) is 5.90. The van der Waals surface area contributed by atoms with Gasteiger partial charge in [0.2, 0.25) is 0 Å². The van der Waals surface area contributed by atoms with E-state index in [0.717, 1.165) is 18.7 Å². The molecule has 0 fully saturated rings. The Kier molecular flexibility index (Phi) is 4.02. The molecular weight excluding hydrogens is 240 g/mol. The van der Waals surface area contributed by atoms with Gasteiger partial charge in [-0.3, -0.25) is 10.4 Å². The molecule has 98 valence electrons. The minimum atomic E-state index is -0.0761. The van der Waals surface area contributed by atoms with Crippen molar-refractivity contribution in [3.63, 3.8) is 0 Å². The van der Waals surface area contributed by atoms with E-state index in [4.69, 9.17) is 11.1 Å². The first-order valence-electron chi connectivity index (χ1n) is 5.95. The molecule has 0 bridgehead atoms. The SMILES string of the molecule is CN(CCc1ccccn1)c1nccnc1C(=N)N. The highest BCUT2D eigenvalue weighted by Crippen LogP contribution is 2.12. The van der Waals surface area contributed by atoms with Gasteiger partial charge in [-0.05, 0) is 12.1 Å². The van der Waals surface area contributed by atoms with Crippen LogP contribution in [0.1, 0.15) is 11.4 Å². The largest absolute Gasteiger partial charge is 0.382 e. The van der Waals surface area contributed by atoms with E-state index in [-0.39, 0.29) is 5.84 Å². The highest BCUT2D eigenvalue weighted by atomic mass is 15.2. The number of nitrogen functional groups attached to an aromatic ring is 1. The second-order valence-electron chi connectivity index (χ2n) is 4.13. The van der Waals surface area contributed by atoms with Gasteiger partial charge in [0.15, 0.2) is 5.82 Å². The summed E-state index contributed by atoms with van der Waals surface area (Å²) in [7, 11) is 1.90. The molecule has 2 rings (SSSR count). The van der Waals surface area contributed by atoms with E-state index in [1.165, 1.54) is 6.20 Å². The molecule has 0 saturated heterocycles. The molecule has 0 aromatic carbocycles. The summed E-state index contributed by atoms with van der Waals surface area (Å²) in [5.41, 5.74) is 6.93. The van der Waals surface area contributed by atoms with Gasteiger partial charge in [-0.15, -0.1) is 0 Å². The lowest BCUT2D eigenvalue weighted by Gasteiger charge is -2.19. The number of anilines is 1. The zero-order valence-electron chi connectivity index (χ0n) is 10.7. The summed E-state index contributed by atoms with van der Waals surface area (Å²) in [6, 6.07) is 5.84. The second-order valence-corrected chi connectivity index (χ2v) is 4.13. The highest BCUT2D eigenvalue weighted by Gasteiger charge is 2.12. The molecule has 0 amide bonds. The fourth-order valence-corrected chi connectivity index (χ4v) is 1.73. The smallest absolute Gasteiger partial charge is 0.158 e. The van der Waals surface area contributed by atoms with Crippen LogP contribution in [0, 0.1) is 5.41 Å². The van der Waals surface area contributed by atoms with Crippen molar-refractivity contribution >= 4 is 11.7 Å². The summed E-state index contributed by atoms with van der Waals surface area (Å²) in [5, 5.41) is 7.50. The van der Waals surface area contributed by atoms with Crippen LogP contribution in [0.5, 0.6) is 0 Å². The number of likely N-dealkylation sites (N-methyl/N-ethyl adjacent to an activating group) is 1. The fourth-order valence-electron chi connectivity index (χ4n) is 1.73. The van der Waals surface area contributed by atoms with E-state index in [0.29, 0.717) is 11.5 Å². The van der Waals surface area contributed by atoms with Crippen LogP contribution in [0.4, 0.5) is 5.82 Å². The summed E-state index contributed by atoms with van der Waals surface area (Å²) in [5.74, 6) is 0.540. The molecule has 2 aromatic rings. The first-order chi connectivity index (χ1) is 9.18. The zero-order chi connectivity index (χ0) is 13.7. The van der Waals surface area contributed by atoms with Gasteiger partial charge in [0.25, 0.3) is 0 Å². The summed E-state index contributed by atoms with van der Waals surface area (Å²) >= 11 is 0. The molecule has 0 aliphatic heterocycles. The third-order valence-corrected chi connectivity index (χ3v) is 2.73. The predicted molar refractivity (Wildman–Crippen MR) is 74.3 cm³/mol. The lowest BCUT2D eigenvalue weighted by atomic mass is 10.2. The van der Waals surface area contributed by atoms with Crippen molar-refractivity contribution in [1.29, 1.82) is 5.41 Å². The van der Waals surface area contributed by atoms with Gasteiger partial charge in [-0.25, -0.2) is 9.97 Å². The standard InChI is InChI=1S/C13H16N6/c1-19(9-5-10-4-2-3-6-16-10)13-11(12(14)15)17-7-8-18-13/h2-4,6-8H,5,9H2,1H3,(H3,14,15). The molecular formula is C13H16N6. The van der Waals surface area contributed by atoms with Crippen LogP contribution >= 0.6 is 0 Å². The van der Waals surface area contributed by atoms with Crippen molar-refractivity contribution in [2.24, 2.45) is 5.73 Å². The Labute approximate surface area is 111 Å². The Morgan fingerprint density at radius 3 is 2.68 bits per heavy atom. The number of nitrogens with one attached hydrogen (secondary N) is 1. The maximum absolute atomic E-state index is 7.50. The molecule has 6 nitrogen and oxygen atoms in total. The summed E-state index contributed by atoms with van der Waals surface area (Å²) in [4.78, 5) is 14.5. The minimum Gasteiger partial charge on any atom is -0.382 e. The molecule has 0 unspecified atom stereocenters. The van der Waals surface area contributed by atoms with Crippen LogP contribution in [-0.2, 0) is 6.42 Å². The summed E-state index contributed by atoms with van der Waals surface area (Å²) < 4.78 is 0. The molecule has 0 spiro atoms. The molecule has 0 aliphatic carbocycles. The van der Waals surface area contributed by atoms with Gasteiger partial charge in [0.1, 0.15) is 11.5 Å². The minimum absolute atomic E-state index is 0.0761. The maximum atomic E-state index is 7.50. The van der Waals surface area contributed by atoms with E-state index >= 15 is 0 Å². The van der Waals surface area contributed by atoms with Crippen LogP contribution in [-0.4, -0.2) is 34.4 Å².